The Morgan fingerprint density at radius 1 is 0.980 bits per heavy atom. The zero-order chi connectivity index (χ0) is 35.4. The van der Waals surface area contributed by atoms with Crippen molar-refractivity contribution in [2.75, 3.05) is 50.6 Å². The SMILES string of the molecule is CCc1cccc(CC)c1NC(=O)c1nn(CC(F)(F)F)c2c1CCCC1=C2CCCC(=Nc2ccc(N3CCN(C)CC3)cc2OC)N=C1. The van der Waals surface area contributed by atoms with Crippen molar-refractivity contribution >= 4 is 40.6 Å². The van der Waals surface area contributed by atoms with Gasteiger partial charge in [0.15, 0.2) is 5.69 Å². The van der Waals surface area contributed by atoms with Gasteiger partial charge in [-0.05, 0) is 86.4 Å². The smallest absolute Gasteiger partial charge is 0.408 e. The summed E-state index contributed by atoms with van der Waals surface area (Å²) < 4.78 is 48.6. The molecule has 1 fully saturated rings. The number of carbonyl (C=O) groups excluding carboxylic acids is 1. The van der Waals surface area contributed by atoms with Crippen LogP contribution in [0.15, 0.2) is 52.0 Å². The molecule has 1 aromatic heterocycles. The predicted octanol–water partition coefficient (Wildman–Crippen LogP) is 7.66. The number of alkyl halides is 3. The summed E-state index contributed by atoms with van der Waals surface area (Å²) in [5, 5.41) is 7.40. The minimum Gasteiger partial charge on any atom is -0.494 e. The van der Waals surface area contributed by atoms with Gasteiger partial charge in [0.1, 0.15) is 23.8 Å². The van der Waals surface area contributed by atoms with Crippen LogP contribution in [0.4, 0.5) is 30.2 Å². The summed E-state index contributed by atoms with van der Waals surface area (Å²) in [6.07, 6.45) is 2.02. The number of methoxy groups -OCH3 is 1. The van der Waals surface area contributed by atoms with E-state index in [1.165, 1.54) is 0 Å². The third-order valence-electron chi connectivity index (χ3n) is 9.86. The summed E-state index contributed by atoms with van der Waals surface area (Å²) >= 11 is 0. The van der Waals surface area contributed by atoms with Crippen LogP contribution in [0, 0.1) is 0 Å². The first kappa shape index (κ1) is 35.4. The number of aliphatic imine (C=N–C) groups is 2. The third kappa shape index (κ3) is 7.80. The molecule has 0 atom stereocenters. The second-order valence-electron chi connectivity index (χ2n) is 13.2. The number of ether oxygens (including phenoxy) is 1. The number of rotatable bonds is 8. The molecule has 0 radical (unpaired) electrons. The van der Waals surface area contributed by atoms with E-state index in [1.807, 2.05) is 44.2 Å². The predicted molar refractivity (Wildman–Crippen MR) is 193 cm³/mol. The second kappa shape index (κ2) is 15.2. The average Bonchev–Trinajstić information content (AvgIpc) is 3.33. The molecule has 1 amide bonds. The summed E-state index contributed by atoms with van der Waals surface area (Å²) in [5.74, 6) is 0.819. The minimum absolute atomic E-state index is 0.0549. The number of anilines is 2. The van der Waals surface area contributed by atoms with Crippen LogP contribution < -0.4 is 15.0 Å². The van der Waals surface area contributed by atoms with Crippen LogP contribution in [-0.2, 0) is 25.8 Å². The number of hydrogen-bond acceptors (Lipinski definition) is 6. The fourth-order valence-electron chi connectivity index (χ4n) is 7.18. The maximum atomic E-state index is 14.0. The zero-order valence-corrected chi connectivity index (χ0v) is 29.4. The molecular formula is C38H46F3N7O2. The number of likely N-dealkylation sites (N-methyl/N-ethyl adjacent to an activating group) is 1. The highest BCUT2D eigenvalue weighted by Crippen LogP contribution is 2.38. The molecule has 3 aliphatic rings. The van der Waals surface area contributed by atoms with Gasteiger partial charge in [-0.1, -0.05) is 32.0 Å². The molecule has 50 heavy (non-hydrogen) atoms. The molecule has 3 aromatic rings. The molecule has 3 heterocycles. The molecular weight excluding hydrogens is 643 g/mol. The van der Waals surface area contributed by atoms with Crippen LogP contribution in [0.3, 0.4) is 0 Å². The summed E-state index contributed by atoms with van der Waals surface area (Å²) in [6, 6.07) is 11.9. The first-order chi connectivity index (χ1) is 24.1. The Balaban J connectivity index is 1.33. The Morgan fingerprint density at radius 3 is 2.38 bits per heavy atom. The number of amides is 1. The van der Waals surface area contributed by atoms with E-state index in [2.05, 4.69) is 33.3 Å². The van der Waals surface area contributed by atoms with Gasteiger partial charge in [0.2, 0.25) is 0 Å². The lowest BCUT2D eigenvalue weighted by molar-refractivity contribution is -0.142. The molecule has 1 saturated heterocycles. The van der Waals surface area contributed by atoms with E-state index in [9.17, 15) is 18.0 Å². The van der Waals surface area contributed by atoms with Gasteiger partial charge in [0.05, 0.1) is 12.8 Å². The first-order valence-electron chi connectivity index (χ1n) is 17.6. The van der Waals surface area contributed by atoms with Crippen LogP contribution in [0.25, 0.3) is 5.57 Å². The molecule has 6 rings (SSSR count). The van der Waals surface area contributed by atoms with Crippen molar-refractivity contribution in [1.82, 2.24) is 14.7 Å². The molecule has 9 nitrogen and oxygen atoms in total. The fourth-order valence-corrected chi connectivity index (χ4v) is 7.18. The summed E-state index contributed by atoms with van der Waals surface area (Å²) in [6.45, 7) is 6.62. The van der Waals surface area contributed by atoms with Gasteiger partial charge in [0, 0.05) is 61.8 Å². The number of carbonyl (C=O) groups is 1. The van der Waals surface area contributed by atoms with Gasteiger partial charge in [-0.3, -0.25) is 9.48 Å². The highest BCUT2D eigenvalue weighted by molar-refractivity contribution is 6.06. The van der Waals surface area contributed by atoms with E-state index < -0.39 is 18.6 Å². The number of halogens is 3. The second-order valence-corrected chi connectivity index (χ2v) is 13.2. The lowest BCUT2D eigenvalue weighted by atomic mass is 9.95. The van der Waals surface area contributed by atoms with Crippen LogP contribution in [0.5, 0.6) is 5.75 Å². The van der Waals surface area contributed by atoms with Gasteiger partial charge >= 0.3 is 6.18 Å². The number of benzene rings is 2. The molecule has 1 aliphatic carbocycles. The summed E-state index contributed by atoms with van der Waals surface area (Å²) in [4.78, 5) is 28.2. The van der Waals surface area contributed by atoms with E-state index in [4.69, 9.17) is 14.7 Å². The Hall–Kier alpha value is -4.45. The lowest BCUT2D eigenvalue weighted by Crippen LogP contribution is -2.44. The number of aryl methyl sites for hydroxylation is 2. The van der Waals surface area contributed by atoms with Crippen molar-refractivity contribution in [3.05, 3.63) is 70.0 Å². The molecule has 1 N–H and O–H groups in total. The van der Waals surface area contributed by atoms with Crippen LogP contribution in [0.2, 0.25) is 0 Å². The number of amidine groups is 1. The zero-order valence-electron chi connectivity index (χ0n) is 29.4. The van der Waals surface area contributed by atoms with Gasteiger partial charge < -0.3 is 19.9 Å². The Bertz CT molecular complexity index is 1790. The van der Waals surface area contributed by atoms with Crippen molar-refractivity contribution in [2.45, 2.75) is 77.9 Å². The third-order valence-corrected chi connectivity index (χ3v) is 9.86. The van der Waals surface area contributed by atoms with E-state index in [-0.39, 0.29) is 5.69 Å². The van der Waals surface area contributed by atoms with Crippen LogP contribution >= 0.6 is 0 Å². The highest BCUT2D eigenvalue weighted by atomic mass is 19.4. The quantitative estimate of drug-likeness (QED) is 0.263. The Kier molecular flexibility index (Phi) is 10.8. The Labute approximate surface area is 291 Å². The minimum atomic E-state index is -4.51. The highest BCUT2D eigenvalue weighted by Gasteiger charge is 2.35. The maximum Gasteiger partial charge on any atom is 0.408 e. The number of allylic oxidation sites excluding steroid dienone is 2. The summed E-state index contributed by atoms with van der Waals surface area (Å²) in [5.41, 5.74) is 7.08. The molecule has 0 unspecified atom stereocenters. The molecule has 2 aromatic carbocycles. The number of fused-ring (bicyclic) bond motifs is 2. The molecule has 0 saturated carbocycles. The van der Waals surface area contributed by atoms with Crippen LogP contribution in [-0.4, -0.2) is 79.2 Å². The van der Waals surface area contributed by atoms with Gasteiger partial charge in [-0.2, -0.15) is 18.3 Å². The van der Waals surface area contributed by atoms with Crippen molar-refractivity contribution in [2.24, 2.45) is 9.98 Å². The number of nitrogens with one attached hydrogen (secondary N) is 1. The topological polar surface area (TPSA) is 87.4 Å². The van der Waals surface area contributed by atoms with Crippen molar-refractivity contribution in [3.63, 3.8) is 0 Å². The van der Waals surface area contributed by atoms with E-state index >= 15 is 0 Å². The Morgan fingerprint density at radius 2 is 1.70 bits per heavy atom. The molecule has 2 aliphatic heterocycles. The number of hydrogen-bond donors (Lipinski definition) is 1. The normalized spacial score (nSPS) is 18.0. The van der Waals surface area contributed by atoms with Gasteiger partial charge in [-0.15, -0.1) is 0 Å². The van der Waals surface area contributed by atoms with Crippen LogP contribution in [0.1, 0.15) is 78.8 Å². The van der Waals surface area contributed by atoms with Gasteiger partial charge in [0.25, 0.3) is 5.91 Å². The molecule has 0 spiro atoms. The maximum absolute atomic E-state index is 14.0. The first-order valence-corrected chi connectivity index (χ1v) is 17.6. The number of nitrogens with zero attached hydrogens (tertiary/aromatic N) is 6. The summed E-state index contributed by atoms with van der Waals surface area (Å²) in [7, 11) is 3.76. The standard InChI is InChI=1S/C38H46F3N7O2/c1-5-25-10-7-11-26(6-2)34(25)44-37(49)35-30-14-8-12-27-23-42-33(15-9-13-29(27)36(30)48(45-35)24-38(39,40)41)43-31-17-16-28(22-32(31)50-4)47-20-18-46(3)19-21-47/h7,10-11,16-17,22-23H,5-6,8-9,12-15,18-21,24H2,1-4H3,(H,44,49). The van der Waals surface area contributed by atoms with Crippen molar-refractivity contribution in [3.8, 4) is 5.75 Å². The molecule has 0 bridgehead atoms. The number of piperazine rings is 1. The molecule has 266 valence electrons. The fraction of sp³-hybridized carbons (Fsp3) is 0.474. The monoisotopic (exact) mass is 689 g/mol. The largest absolute Gasteiger partial charge is 0.494 e. The van der Waals surface area contributed by atoms with Crippen molar-refractivity contribution < 1.29 is 22.7 Å². The van der Waals surface area contributed by atoms with E-state index in [0.717, 1.165) is 58.8 Å². The number of para-hydroxylation sites is 1. The number of aromatic nitrogens is 2. The van der Waals surface area contributed by atoms with E-state index in [0.29, 0.717) is 85.6 Å². The van der Waals surface area contributed by atoms with Gasteiger partial charge in [-0.25, -0.2) is 9.98 Å². The van der Waals surface area contributed by atoms with Crippen molar-refractivity contribution in [1.29, 1.82) is 0 Å². The van der Waals surface area contributed by atoms with E-state index in [1.54, 1.807) is 13.3 Å². The average molecular weight is 690 g/mol. The lowest BCUT2D eigenvalue weighted by Gasteiger charge is -2.34. The molecule has 12 heteroatoms.